The van der Waals surface area contributed by atoms with E-state index in [0.717, 1.165) is 38.9 Å². The molecule has 0 aliphatic rings. The van der Waals surface area contributed by atoms with Gasteiger partial charge in [-0.3, -0.25) is 14.1 Å². The third-order valence-corrected chi connectivity index (χ3v) is 9.76. The molecule has 0 saturated heterocycles. The molecule has 0 radical (unpaired) electrons. The third kappa shape index (κ3) is 8.82. The summed E-state index contributed by atoms with van der Waals surface area (Å²) in [6, 6.07) is 36.5. The van der Waals surface area contributed by atoms with Crippen LogP contribution in [0.4, 0.5) is 5.69 Å². The normalized spacial score (nSPS) is 12.4. The summed E-state index contributed by atoms with van der Waals surface area (Å²) in [5.74, 6) is -1.30. The van der Waals surface area contributed by atoms with Crippen molar-refractivity contribution in [3.63, 3.8) is 0 Å². The highest BCUT2D eigenvalue weighted by Gasteiger charge is 2.23. The van der Waals surface area contributed by atoms with Crippen molar-refractivity contribution in [1.29, 1.82) is 0 Å². The van der Waals surface area contributed by atoms with Gasteiger partial charge in [0, 0.05) is 23.4 Å². The van der Waals surface area contributed by atoms with E-state index < -0.39 is 27.7 Å². The van der Waals surface area contributed by atoms with Crippen LogP contribution in [0.2, 0.25) is 0 Å². The Labute approximate surface area is 303 Å². The van der Waals surface area contributed by atoms with E-state index in [4.69, 9.17) is 8.97 Å². The number of benzene rings is 5. The fraction of sp³-hybridized carbons (Fsp3) is 0.214. The Balaban J connectivity index is 1.22. The molecule has 5 aromatic carbocycles. The summed E-state index contributed by atoms with van der Waals surface area (Å²) in [5.41, 5.74) is 9.40. The van der Waals surface area contributed by atoms with Crippen molar-refractivity contribution in [2.75, 3.05) is 17.6 Å². The van der Waals surface area contributed by atoms with Crippen molar-refractivity contribution in [3.05, 3.63) is 143 Å². The predicted molar refractivity (Wildman–Crippen MR) is 205 cm³/mol. The summed E-state index contributed by atoms with van der Waals surface area (Å²) >= 11 is 0. The molecule has 52 heavy (non-hydrogen) atoms. The lowest BCUT2D eigenvalue weighted by Gasteiger charge is -2.20. The van der Waals surface area contributed by atoms with Gasteiger partial charge in [0.05, 0.1) is 11.7 Å². The van der Waals surface area contributed by atoms with Crippen LogP contribution < -0.4 is 10.6 Å². The van der Waals surface area contributed by atoms with E-state index in [-0.39, 0.29) is 17.9 Å². The van der Waals surface area contributed by atoms with Gasteiger partial charge in [0.25, 0.3) is 16.0 Å². The number of fused-ring (bicyclic) bond motifs is 1. The molecule has 1 aromatic heterocycles. The van der Waals surface area contributed by atoms with E-state index >= 15 is 0 Å². The fourth-order valence-corrected chi connectivity index (χ4v) is 6.35. The molecule has 3 N–H and O–H groups in total. The first-order chi connectivity index (χ1) is 24.7. The first-order valence-corrected chi connectivity index (χ1v) is 18.6. The summed E-state index contributed by atoms with van der Waals surface area (Å²) in [6.07, 6.45) is 0.358. The summed E-state index contributed by atoms with van der Waals surface area (Å²) in [4.78, 5) is 31.2. The van der Waals surface area contributed by atoms with Crippen molar-refractivity contribution < 1.29 is 27.0 Å². The van der Waals surface area contributed by atoms with Crippen LogP contribution in [-0.2, 0) is 26.7 Å². The van der Waals surface area contributed by atoms with Crippen LogP contribution in [0.25, 0.3) is 33.7 Å². The summed E-state index contributed by atoms with van der Waals surface area (Å²) in [7, 11) is -4.19. The van der Waals surface area contributed by atoms with Crippen LogP contribution in [0.15, 0.2) is 120 Å². The van der Waals surface area contributed by atoms with E-state index in [9.17, 15) is 18.0 Å². The van der Waals surface area contributed by atoms with Gasteiger partial charge in [0.1, 0.15) is 5.52 Å². The third-order valence-electron chi connectivity index (χ3n) is 9.04. The predicted octanol–water partition coefficient (Wildman–Crippen LogP) is 8.35. The Hall–Kier alpha value is -5.58. The largest absolute Gasteiger partial charge is 0.436 e. The van der Waals surface area contributed by atoms with Crippen LogP contribution >= 0.6 is 0 Å². The number of nitrogens with zero attached hydrogens (tertiary/aromatic N) is 1. The zero-order chi connectivity index (χ0) is 37.0. The maximum atomic E-state index is 14.0. The molecule has 0 bridgehead atoms. The molecular formula is C42H41N3O6S. The molecule has 1 atom stereocenters. The molecule has 6 rings (SSSR count). The SMILES string of the molecule is Cc1cccc2oc(-c3ccc(NC(=O)[C@H](Cc4ccc(C(=O)NCCS(=O)(=O)O)cc4)c4ccc(-c5ccc(C(C)(C)C)cc5)cc4)cc3)nc12. The molecule has 0 aliphatic carbocycles. The number of carbonyl (C=O) groups is 2. The second-order valence-corrected chi connectivity index (χ2v) is 15.5. The lowest BCUT2D eigenvalue weighted by Crippen LogP contribution is -2.28. The maximum absolute atomic E-state index is 14.0. The number of amides is 2. The number of hydrogen-bond acceptors (Lipinski definition) is 6. The van der Waals surface area contributed by atoms with Crippen LogP contribution in [0, 0.1) is 6.92 Å². The fourth-order valence-electron chi connectivity index (χ4n) is 5.99. The number of oxazole rings is 1. The molecule has 10 heteroatoms. The number of rotatable bonds is 11. The summed E-state index contributed by atoms with van der Waals surface area (Å²) < 4.78 is 36.9. The molecule has 9 nitrogen and oxygen atoms in total. The van der Waals surface area contributed by atoms with Crippen LogP contribution in [-0.4, -0.2) is 42.1 Å². The van der Waals surface area contributed by atoms with Gasteiger partial charge in [-0.2, -0.15) is 8.42 Å². The minimum atomic E-state index is -4.19. The second kappa shape index (κ2) is 15.0. The zero-order valence-corrected chi connectivity index (χ0v) is 30.3. The van der Waals surface area contributed by atoms with Crippen molar-refractivity contribution >= 4 is 38.7 Å². The Kier molecular flexibility index (Phi) is 10.4. The highest BCUT2D eigenvalue weighted by Crippen LogP contribution is 2.31. The van der Waals surface area contributed by atoms with Gasteiger partial charge in [0.15, 0.2) is 5.58 Å². The smallest absolute Gasteiger partial charge is 0.266 e. The minimum absolute atomic E-state index is 0.0534. The Bertz CT molecular complexity index is 2310. The van der Waals surface area contributed by atoms with E-state index in [1.165, 1.54) is 5.56 Å². The monoisotopic (exact) mass is 715 g/mol. The van der Waals surface area contributed by atoms with E-state index in [1.54, 1.807) is 24.3 Å². The molecule has 0 aliphatic heterocycles. The number of aryl methyl sites for hydroxylation is 1. The Morgan fingerprint density at radius 2 is 1.42 bits per heavy atom. The standard InChI is InChI=1S/C42H41N3O6S/c1-27-6-5-7-37-38(27)45-41(51-37)33-18-22-35(23-19-33)44-40(47)36(26-28-8-10-32(11-9-28)39(46)43-24-25-52(48,49)50)31-14-12-29(13-15-31)30-16-20-34(21-17-30)42(2,3)4/h5-23,36H,24-26H2,1-4H3,(H,43,46)(H,44,47)(H,48,49,50)/t36-/m1/s1. The maximum Gasteiger partial charge on any atom is 0.266 e. The summed E-state index contributed by atoms with van der Waals surface area (Å²) in [5, 5.41) is 5.57. The van der Waals surface area contributed by atoms with Crippen molar-refractivity contribution in [2.24, 2.45) is 0 Å². The van der Waals surface area contributed by atoms with Gasteiger partial charge in [-0.15, -0.1) is 0 Å². The topological polar surface area (TPSA) is 139 Å². The molecule has 0 saturated carbocycles. The number of para-hydroxylation sites is 1. The molecule has 2 amide bonds. The van der Waals surface area contributed by atoms with Crippen molar-refractivity contribution in [1.82, 2.24) is 10.3 Å². The van der Waals surface area contributed by atoms with Crippen molar-refractivity contribution in [2.45, 2.75) is 45.4 Å². The summed E-state index contributed by atoms with van der Waals surface area (Å²) in [6.45, 7) is 8.33. The number of carbonyl (C=O) groups excluding carboxylic acids is 2. The van der Waals surface area contributed by atoms with Gasteiger partial charge >= 0.3 is 0 Å². The highest BCUT2D eigenvalue weighted by atomic mass is 32.2. The first kappa shape index (κ1) is 36.2. The average Bonchev–Trinajstić information content (AvgIpc) is 3.56. The highest BCUT2D eigenvalue weighted by molar-refractivity contribution is 7.85. The average molecular weight is 716 g/mol. The molecule has 266 valence electrons. The van der Waals surface area contributed by atoms with Gasteiger partial charge in [-0.1, -0.05) is 93.6 Å². The van der Waals surface area contributed by atoms with Crippen LogP contribution in [0.5, 0.6) is 0 Å². The quantitative estimate of drug-likeness (QED) is 0.115. The van der Waals surface area contributed by atoms with E-state index in [2.05, 4.69) is 60.7 Å². The number of aromatic nitrogens is 1. The molecule has 0 unspecified atom stereocenters. The Morgan fingerprint density at radius 3 is 2.02 bits per heavy atom. The number of hydrogen-bond donors (Lipinski definition) is 3. The number of nitrogens with one attached hydrogen (secondary N) is 2. The van der Waals surface area contributed by atoms with Gasteiger partial charge in [-0.05, 0) is 94.6 Å². The number of anilines is 1. The zero-order valence-electron chi connectivity index (χ0n) is 29.5. The van der Waals surface area contributed by atoms with Gasteiger partial charge in [-0.25, -0.2) is 4.98 Å². The van der Waals surface area contributed by atoms with E-state index in [0.29, 0.717) is 29.1 Å². The Morgan fingerprint density at radius 1 is 0.808 bits per heavy atom. The van der Waals surface area contributed by atoms with Crippen LogP contribution in [0.1, 0.15) is 59.3 Å². The molecule has 0 spiro atoms. The molecule has 1 heterocycles. The minimum Gasteiger partial charge on any atom is -0.436 e. The van der Waals surface area contributed by atoms with E-state index in [1.807, 2.05) is 73.7 Å². The van der Waals surface area contributed by atoms with Crippen LogP contribution in [0.3, 0.4) is 0 Å². The lowest BCUT2D eigenvalue weighted by atomic mass is 9.86. The second-order valence-electron chi connectivity index (χ2n) is 14.0. The lowest BCUT2D eigenvalue weighted by molar-refractivity contribution is -0.117. The molecule has 6 aromatic rings. The molecular weight excluding hydrogens is 675 g/mol. The molecule has 0 fully saturated rings. The van der Waals surface area contributed by atoms with Crippen molar-refractivity contribution in [3.8, 4) is 22.6 Å². The van der Waals surface area contributed by atoms with Gasteiger partial charge < -0.3 is 15.1 Å². The first-order valence-electron chi connectivity index (χ1n) is 17.0. The van der Waals surface area contributed by atoms with Gasteiger partial charge in [0.2, 0.25) is 11.8 Å².